The summed E-state index contributed by atoms with van der Waals surface area (Å²) in [5, 5.41) is 25.0. The molecule has 0 aliphatic rings. The molecule has 1 aromatic heterocycles. The van der Waals surface area contributed by atoms with Crippen LogP contribution in [0.4, 0.5) is 0 Å². The van der Waals surface area contributed by atoms with Crippen LogP contribution in [0.15, 0.2) is 36.7 Å². The summed E-state index contributed by atoms with van der Waals surface area (Å²) in [6.07, 6.45) is 3.70. The summed E-state index contributed by atoms with van der Waals surface area (Å²) < 4.78 is 1.72. The Morgan fingerprint density at radius 1 is 1.32 bits per heavy atom. The first-order valence-electron chi connectivity index (χ1n) is 6.14. The molecule has 0 atom stereocenters. The summed E-state index contributed by atoms with van der Waals surface area (Å²) in [7, 11) is 0. The minimum absolute atomic E-state index is 0.0928. The van der Waals surface area contributed by atoms with E-state index in [9.17, 15) is 0 Å². The number of aliphatic hydroxyl groups excluding tert-OH is 1. The van der Waals surface area contributed by atoms with E-state index in [1.54, 1.807) is 16.9 Å². The van der Waals surface area contributed by atoms with E-state index in [0.29, 0.717) is 25.2 Å². The van der Waals surface area contributed by atoms with E-state index in [1.165, 1.54) is 0 Å². The van der Waals surface area contributed by atoms with Crippen molar-refractivity contribution < 1.29 is 5.11 Å². The summed E-state index contributed by atoms with van der Waals surface area (Å²) in [4.78, 5) is 0. The lowest BCUT2D eigenvalue weighted by Crippen LogP contribution is -2.12. The van der Waals surface area contributed by atoms with E-state index in [0.717, 1.165) is 11.1 Å². The van der Waals surface area contributed by atoms with Crippen molar-refractivity contribution in [3.8, 4) is 6.07 Å². The van der Waals surface area contributed by atoms with Crippen LogP contribution in [0.1, 0.15) is 16.7 Å². The lowest BCUT2D eigenvalue weighted by Gasteiger charge is -2.03. The highest BCUT2D eigenvalue weighted by Crippen LogP contribution is 2.04. The maximum atomic E-state index is 8.82. The van der Waals surface area contributed by atoms with Gasteiger partial charge in [0.1, 0.15) is 0 Å². The van der Waals surface area contributed by atoms with Crippen molar-refractivity contribution in [2.45, 2.75) is 19.6 Å². The number of nitriles is 1. The normalized spacial score (nSPS) is 10.3. The fourth-order valence-corrected chi connectivity index (χ4v) is 1.82. The third-order valence-electron chi connectivity index (χ3n) is 2.73. The van der Waals surface area contributed by atoms with Gasteiger partial charge in [0.05, 0.1) is 31.0 Å². The van der Waals surface area contributed by atoms with Gasteiger partial charge in [-0.15, -0.1) is 0 Å². The lowest BCUT2D eigenvalue weighted by atomic mass is 10.1. The smallest absolute Gasteiger partial charge is 0.0991 e. The van der Waals surface area contributed by atoms with Crippen LogP contribution in [0, 0.1) is 11.3 Å². The van der Waals surface area contributed by atoms with Gasteiger partial charge in [0.15, 0.2) is 0 Å². The van der Waals surface area contributed by atoms with Gasteiger partial charge in [-0.05, 0) is 17.7 Å². The molecule has 0 spiro atoms. The first kappa shape index (κ1) is 13.3. The van der Waals surface area contributed by atoms with Crippen molar-refractivity contribution in [2.24, 2.45) is 0 Å². The SMILES string of the molecule is N#Cc1cccc(CNCc2cnn(CCO)c2)c1. The number of rotatable bonds is 6. The predicted octanol–water partition coefficient (Wildman–Crippen LogP) is 1.04. The van der Waals surface area contributed by atoms with E-state index in [-0.39, 0.29) is 6.61 Å². The van der Waals surface area contributed by atoms with Crippen LogP contribution in [-0.2, 0) is 19.6 Å². The maximum absolute atomic E-state index is 8.82. The van der Waals surface area contributed by atoms with Gasteiger partial charge in [0.25, 0.3) is 0 Å². The first-order valence-corrected chi connectivity index (χ1v) is 6.14. The molecule has 2 aromatic rings. The number of hydrogen-bond acceptors (Lipinski definition) is 4. The highest BCUT2D eigenvalue weighted by atomic mass is 16.3. The van der Waals surface area contributed by atoms with Crippen LogP contribution < -0.4 is 5.32 Å². The van der Waals surface area contributed by atoms with E-state index in [2.05, 4.69) is 16.5 Å². The van der Waals surface area contributed by atoms with Gasteiger partial charge in [-0.1, -0.05) is 12.1 Å². The van der Waals surface area contributed by atoms with Crippen molar-refractivity contribution in [1.82, 2.24) is 15.1 Å². The van der Waals surface area contributed by atoms with Gasteiger partial charge in [-0.2, -0.15) is 10.4 Å². The summed E-state index contributed by atoms with van der Waals surface area (Å²) in [6.45, 7) is 2.03. The minimum Gasteiger partial charge on any atom is -0.394 e. The molecule has 0 saturated heterocycles. The topological polar surface area (TPSA) is 73.9 Å². The summed E-state index contributed by atoms with van der Waals surface area (Å²) >= 11 is 0. The van der Waals surface area contributed by atoms with E-state index < -0.39 is 0 Å². The summed E-state index contributed by atoms with van der Waals surface area (Å²) in [5.41, 5.74) is 2.83. The second-order valence-electron chi connectivity index (χ2n) is 4.25. The van der Waals surface area contributed by atoms with E-state index >= 15 is 0 Å². The number of benzene rings is 1. The number of aliphatic hydroxyl groups is 1. The fourth-order valence-electron chi connectivity index (χ4n) is 1.82. The lowest BCUT2D eigenvalue weighted by molar-refractivity contribution is 0.269. The Labute approximate surface area is 112 Å². The number of nitrogens with one attached hydrogen (secondary N) is 1. The van der Waals surface area contributed by atoms with Gasteiger partial charge in [-0.3, -0.25) is 4.68 Å². The van der Waals surface area contributed by atoms with Crippen LogP contribution in [-0.4, -0.2) is 21.5 Å². The zero-order valence-corrected chi connectivity index (χ0v) is 10.6. The Balaban J connectivity index is 1.83. The molecule has 1 aromatic carbocycles. The number of aromatic nitrogens is 2. The second-order valence-corrected chi connectivity index (χ2v) is 4.25. The zero-order valence-electron chi connectivity index (χ0n) is 10.6. The molecule has 1 heterocycles. The zero-order chi connectivity index (χ0) is 13.5. The monoisotopic (exact) mass is 256 g/mol. The third-order valence-corrected chi connectivity index (χ3v) is 2.73. The molecule has 0 bridgehead atoms. The van der Waals surface area contributed by atoms with Crippen molar-refractivity contribution in [3.05, 3.63) is 53.3 Å². The van der Waals surface area contributed by atoms with Gasteiger partial charge in [0, 0.05) is 24.8 Å². The molecule has 0 saturated carbocycles. The Morgan fingerprint density at radius 2 is 2.16 bits per heavy atom. The number of nitrogens with zero attached hydrogens (tertiary/aromatic N) is 3. The molecule has 5 heteroatoms. The van der Waals surface area contributed by atoms with Crippen molar-refractivity contribution in [3.63, 3.8) is 0 Å². The van der Waals surface area contributed by atoms with Gasteiger partial charge in [-0.25, -0.2) is 0 Å². The van der Waals surface area contributed by atoms with Crippen LogP contribution in [0.2, 0.25) is 0 Å². The molecule has 0 aliphatic carbocycles. The van der Waals surface area contributed by atoms with Gasteiger partial charge < -0.3 is 10.4 Å². The Kier molecular flexibility index (Phi) is 4.67. The Morgan fingerprint density at radius 3 is 2.95 bits per heavy atom. The van der Waals surface area contributed by atoms with E-state index in [4.69, 9.17) is 10.4 Å². The average molecular weight is 256 g/mol. The van der Waals surface area contributed by atoms with Gasteiger partial charge >= 0.3 is 0 Å². The maximum Gasteiger partial charge on any atom is 0.0991 e. The molecule has 19 heavy (non-hydrogen) atoms. The first-order chi connectivity index (χ1) is 9.31. The third kappa shape index (κ3) is 3.91. The number of hydrogen-bond donors (Lipinski definition) is 2. The van der Waals surface area contributed by atoms with Crippen LogP contribution in [0.5, 0.6) is 0 Å². The summed E-state index contributed by atoms with van der Waals surface area (Å²) in [5.74, 6) is 0. The molecule has 2 rings (SSSR count). The van der Waals surface area contributed by atoms with Gasteiger partial charge in [0.2, 0.25) is 0 Å². The molecular formula is C14H16N4O. The molecule has 2 N–H and O–H groups in total. The minimum atomic E-state index is 0.0928. The van der Waals surface area contributed by atoms with Crippen LogP contribution >= 0.6 is 0 Å². The molecular weight excluding hydrogens is 240 g/mol. The predicted molar refractivity (Wildman–Crippen MR) is 71.0 cm³/mol. The second kappa shape index (κ2) is 6.69. The molecule has 0 amide bonds. The largest absolute Gasteiger partial charge is 0.394 e. The molecule has 0 fully saturated rings. The fraction of sp³-hybridized carbons (Fsp3) is 0.286. The van der Waals surface area contributed by atoms with Crippen molar-refractivity contribution in [2.75, 3.05) is 6.61 Å². The summed E-state index contributed by atoms with van der Waals surface area (Å²) in [6, 6.07) is 9.67. The Hall–Kier alpha value is -2.16. The van der Waals surface area contributed by atoms with Crippen LogP contribution in [0.25, 0.3) is 0 Å². The average Bonchev–Trinajstić information content (AvgIpc) is 2.87. The van der Waals surface area contributed by atoms with Crippen molar-refractivity contribution in [1.29, 1.82) is 5.26 Å². The quantitative estimate of drug-likeness (QED) is 0.809. The molecule has 0 radical (unpaired) electrons. The molecule has 98 valence electrons. The van der Waals surface area contributed by atoms with E-state index in [1.807, 2.05) is 24.4 Å². The molecule has 0 unspecified atom stereocenters. The van der Waals surface area contributed by atoms with Crippen LogP contribution in [0.3, 0.4) is 0 Å². The molecule has 0 aliphatic heterocycles. The Bertz CT molecular complexity index is 571. The highest BCUT2D eigenvalue weighted by molar-refractivity contribution is 5.32. The molecule has 5 nitrogen and oxygen atoms in total. The van der Waals surface area contributed by atoms with Crippen molar-refractivity contribution >= 4 is 0 Å². The standard InChI is InChI=1S/C14H16N4O/c15-7-12-2-1-3-13(6-12)8-16-9-14-10-17-18(11-14)4-5-19/h1-3,6,10-11,16,19H,4-5,8-9H2. The highest BCUT2D eigenvalue weighted by Gasteiger charge is 1.99.